The first-order chi connectivity index (χ1) is 9.34. The van der Waals surface area contributed by atoms with Gasteiger partial charge in [0.2, 0.25) is 0 Å². The van der Waals surface area contributed by atoms with Crippen molar-refractivity contribution in [1.82, 2.24) is 4.98 Å². The van der Waals surface area contributed by atoms with Crippen LogP contribution in [-0.2, 0) is 15.7 Å². The molecule has 0 radical (unpaired) electrons. The van der Waals surface area contributed by atoms with Crippen LogP contribution in [0.2, 0.25) is 0 Å². The zero-order chi connectivity index (χ0) is 15.2. The number of carbonyl (C=O) groups is 1. The average Bonchev–Trinajstić information content (AvgIpc) is 2.38. The summed E-state index contributed by atoms with van der Waals surface area (Å²) in [5, 5.41) is 0.453. The topological polar surface area (TPSA) is 65.2 Å². The quantitative estimate of drug-likeness (QED) is 0.646. The molecule has 1 unspecified atom stereocenters. The Morgan fingerprint density at radius 2 is 2.20 bits per heavy atom. The van der Waals surface area contributed by atoms with Crippen molar-refractivity contribution >= 4 is 17.7 Å². The summed E-state index contributed by atoms with van der Waals surface area (Å²) in [5.74, 6) is -0.00768. The van der Waals surface area contributed by atoms with E-state index in [1.165, 1.54) is 17.8 Å². The number of nitrogens with zero attached hydrogens (tertiary/aromatic N) is 1. The molecular formula is C12H15F3N2O2S. The van der Waals surface area contributed by atoms with E-state index in [4.69, 9.17) is 10.5 Å². The van der Waals surface area contributed by atoms with Crippen molar-refractivity contribution in [2.45, 2.75) is 30.6 Å². The lowest BCUT2D eigenvalue weighted by Crippen LogP contribution is -2.32. The summed E-state index contributed by atoms with van der Waals surface area (Å²) in [6, 6.07) is 1.54. The second kappa shape index (κ2) is 7.49. The molecule has 0 saturated heterocycles. The number of thioether (sulfide) groups is 1. The zero-order valence-corrected chi connectivity index (χ0v) is 11.6. The third-order valence-electron chi connectivity index (χ3n) is 2.33. The highest BCUT2D eigenvalue weighted by Crippen LogP contribution is 2.29. The maximum atomic E-state index is 12.3. The predicted molar refractivity (Wildman–Crippen MR) is 69.2 cm³/mol. The molecule has 0 aromatic carbocycles. The highest BCUT2D eigenvalue weighted by atomic mass is 32.2. The average molecular weight is 308 g/mol. The third-order valence-corrected chi connectivity index (χ3v) is 3.31. The summed E-state index contributed by atoms with van der Waals surface area (Å²) in [6.45, 7) is 1.95. The van der Waals surface area contributed by atoms with Crippen LogP contribution in [0, 0.1) is 0 Å². The highest BCUT2D eigenvalue weighted by molar-refractivity contribution is 7.99. The molecule has 2 N–H and O–H groups in total. The van der Waals surface area contributed by atoms with Crippen molar-refractivity contribution in [2.75, 3.05) is 12.4 Å². The number of alkyl halides is 3. The summed E-state index contributed by atoms with van der Waals surface area (Å²) < 4.78 is 41.7. The van der Waals surface area contributed by atoms with Crippen LogP contribution in [-0.4, -0.2) is 29.4 Å². The minimum atomic E-state index is -4.39. The third kappa shape index (κ3) is 5.38. The maximum Gasteiger partial charge on any atom is 0.417 e. The van der Waals surface area contributed by atoms with Crippen molar-refractivity contribution in [3.63, 3.8) is 0 Å². The first-order valence-corrected chi connectivity index (χ1v) is 6.91. The van der Waals surface area contributed by atoms with Gasteiger partial charge < -0.3 is 10.5 Å². The van der Waals surface area contributed by atoms with Crippen LogP contribution < -0.4 is 5.73 Å². The van der Waals surface area contributed by atoms with Gasteiger partial charge in [-0.05, 0) is 25.5 Å². The Bertz CT molecular complexity index is 437. The van der Waals surface area contributed by atoms with Crippen LogP contribution in [0.5, 0.6) is 0 Å². The van der Waals surface area contributed by atoms with Crippen molar-refractivity contribution < 1.29 is 22.7 Å². The largest absolute Gasteiger partial charge is 0.465 e. The molecule has 1 atom stereocenters. The zero-order valence-electron chi connectivity index (χ0n) is 10.8. The highest BCUT2D eigenvalue weighted by Gasteiger charge is 2.30. The van der Waals surface area contributed by atoms with Gasteiger partial charge >= 0.3 is 12.1 Å². The van der Waals surface area contributed by atoms with E-state index >= 15 is 0 Å². The van der Waals surface area contributed by atoms with Crippen LogP contribution in [0.4, 0.5) is 13.2 Å². The standard InChI is InChI=1S/C12H15F3N2O2S/c1-2-19-11(18)9(16)5-6-20-10-4-3-8(7-17-10)12(13,14)15/h3-4,7,9H,2,5-6,16H2,1H3. The molecule has 0 aliphatic carbocycles. The number of pyridine rings is 1. The van der Waals surface area contributed by atoms with Crippen molar-refractivity contribution in [2.24, 2.45) is 5.73 Å². The molecule has 0 amide bonds. The number of hydrogen-bond acceptors (Lipinski definition) is 5. The van der Waals surface area contributed by atoms with Gasteiger partial charge in [0.05, 0.1) is 17.2 Å². The fourth-order valence-corrected chi connectivity index (χ4v) is 2.16. The van der Waals surface area contributed by atoms with Gasteiger partial charge in [0.1, 0.15) is 6.04 Å². The Morgan fingerprint density at radius 3 is 2.70 bits per heavy atom. The lowest BCUT2D eigenvalue weighted by atomic mass is 10.2. The van der Waals surface area contributed by atoms with Crippen LogP contribution >= 0.6 is 11.8 Å². The molecule has 0 fully saturated rings. The Kier molecular flexibility index (Phi) is 6.28. The van der Waals surface area contributed by atoms with E-state index in [1.807, 2.05) is 0 Å². The van der Waals surface area contributed by atoms with Crippen molar-refractivity contribution in [3.8, 4) is 0 Å². The molecule has 1 aromatic rings. The van der Waals surface area contributed by atoms with E-state index in [9.17, 15) is 18.0 Å². The monoisotopic (exact) mass is 308 g/mol. The van der Waals surface area contributed by atoms with Gasteiger partial charge in [-0.15, -0.1) is 11.8 Å². The number of halogens is 3. The Morgan fingerprint density at radius 1 is 1.50 bits per heavy atom. The molecule has 8 heteroatoms. The van der Waals surface area contributed by atoms with Crippen molar-refractivity contribution in [1.29, 1.82) is 0 Å². The number of ether oxygens (including phenoxy) is 1. The molecule has 4 nitrogen and oxygen atoms in total. The molecule has 0 saturated carbocycles. The normalized spacial score (nSPS) is 13.1. The smallest absolute Gasteiger partial charge is 0.417 e. The predicted octanol–water partition coefficient (Wildman–Crippen LogP) is 2.47. The first-order valence-electron chi connectivity index (χ1n) is 5.93. The minimum absolute atomic E-state index is 0.264. The van der Waals surface area contributed by atoms with E-state index < -0.39 is 23.8 Å². The van der Waals surface area contributed by atoms with Gasteiger partial charge in [-0.1, -0.05) is 0 Å². The van der Waals surface area contributed by atoms with Gasteiger partial charge in [0.15, 0.2) is 0 Å². The Hall–Kier alpha value is -1.28. The van der Waals surface area contributed by atoms with E-state index in [0.717, 1.165) is 12.3 Å². The molecule has 20 heavy (non-hydrogen) atoms. The summed E-state index contributed by atoms with van der Waals surface area (Å²) in [6.07, 6.45) is -3.23. The number of carbonyl (C=O) groups excluding carboxylic acids is 1. The van der Waals surface area contributed by atoms with E-state index in [0.29, 0.717) is 17.2 Å². The van der Waals surface area contributed by atoms with Crippen LogP contribution in [0.25, 0.3) is 0 Å². The lowest BCUT2D eigenvalue weighted by molar-refractivity contribution is -0.144. The molecule has 0 aliphatic rings. The fraction of sp³-hybridized carbons (Fsp3) is 0.500. The van der Waals surface area contributed by atoms with Crippen LogP contribution in [0.1, 0.15) is 18.9 Å². The second-order valence-corrected chi connectivity index (χ2v) is 4.99. The maximum absolute atomic E-state index is 12.3. The molecule has 0 aliphatic heterocycles. The van der Waals surface area contributed by atoms with Gasteiger partial charge in [-0.2, -0.15) is 13.2 Å². The summed E-state index contributed by atoms with van der Waals surface area (Å²) in [5.41, 5.74) is 4.80. The van der Waals surface area contributed by atoms with Gasteiger partial charge in [0, 0.05) is 11.9 Å². The molecule has 0 spiro atoms. The molecule has 1 aromatic heterocycles. The first kappa shape index (κ1) is 16.8. The summed E-state index contributed by atoms with van der Waals surface area (Å²) in [4.78, 5) is 15.0. The van der Waals surface area contributed by atoms with Crippen molar-refractivity contribution in [3.05, 3.63) is 23.9 Å². The minimum Gasteiger partial charge on any atom is -0.465 e. The molecule has 1 heterocycles. The summed E-state index contributed by atoms with van der Waals surface area (Å²) >= 11 is 1.24. The van der Waals surface area contributed by atoms with Crippen LogP contribution in [0.15, 0.2) is 23.4 Å². The molecule has 0 bridgehead atoms. The fourth-order valence-electron chi connectivity index (χ4n) is 1.29. The number of aromatic nitrogens is 1. The second-order valence-electron chi connectivity index (χ2n) is 3.88. The lowest BCUT2D eigenvalue weighted by Gasteiger charge is -2.10. The van der Waals surface area contributed by atoms with Gasteiger partial charge in [0.25, 0.3) is 0 Å². The number of rotatable bonds is 6. The van der Waals surface area contributed by atoms with Crippen LogP contribution in [0.3, 0.4) is 0 Å². The number of esters is 1. The Balaban J connectivity index is 2.41. The van der Waals surface area contributed by atoms with E-state index in [-0.39, 0.29) is 6.61 Å². The molecular weight excluding hydrogens is 293 g/mol. The van der Waals surface area contributed by atoms with Gasteiger partial charge in [-0.25, -0.2) is 4.98 Å². The molecule has 112 valence electrons. The molecule has 1 rings (SSSR count). The Labute approximate surface area is 118 Å². The van der Waals surface area contributed by atoms with E-state index in [1.54, 1.807) is 6.92 Å². The van der Waals surface area contributed by atoms with Gasteiger partial charge in [-0.3, -0.25) is 4.79 Å². The number of hydrogen-bond donors (Lipinski definition) is 1. The van der Waals surface area contributed by atoms with E-state index in [2.05, 4.69) is 4.98 Å². The number of nitrogens with two attached hydrogens (primary N) is 1. The SMILES string of the molecule is CCOC(=O)C(N)CCSc1ccc(C(F)(F)F)cn1. The summed E-state index contributed by atoms with van der Waals surface area (Å²) in [7, 11) is 0.